The van der Waals surface area contributed by atoms with Gasteiger partial charge in [0.2, 0.25) is 0 Å². The summed E-state index contributed by atoms with van der Waals surface area (Å²) in [5.41, 5.74) is 0. The Hall–Kier alpha value is -2.63. The molecule has 0 heterocycles. The van der Waals surface area contributed by atoms with Crippen molar-refractivity contribution in [3.63, 3.8) is 0 Å². The van der Waals surface area contributed by atoms with E-state index in [0.29, 0.717) is 19.3 Å². The van der Waals surface area contributed by atoms with Gasteiger partial charge in [0.05, 0.1) is 0 Å². The van der Waals surface area contributed by atoms with Crippen LogP contribution in [0.2, 0.25) is 0 Å². The molecule has 0 amide bonds. The van der Waals surface area contributed by atoms with Gasteiger partial charge in [-0.1, -0.05) is 301 Å². The summed E-state index contributed by atoms with van der Waals surface area (Å²) in [5, 5.41) is 0. The monoisotopic (exact) mass is 995 g/mol. The van der Waals surface area contributed by atoms with Crippen LogP contribution in [0.3, 0.4) is 0 Å². The largest absolute Gasteiger partial charge is 0.462 e. The first-order valence-corrected chi connectivity index (χ1v) is 31.1. The standard InChI is InChI=1S/C65H118O6/c1-4-7-10-13-15-17-19-21-23-25-27-28-29-30-31-32-33-34-35-36-38-39-41-43-45-47-49-52-55-58-64(67)70-61-62(60-69-63(66)57-54-51-12-9-6-3)71-65(68)59-56-53-50-48-46-44-42-40-37-26-24-22-20-18-16-14-11-8-5-2/h8,11,16,18,22,24,37,40,62H,4-7,9-10,12-15,17,19-21,23,25-36,38-39,41-61H2,1-3H3/b11-8-,18-16-,24-22-,40-37-. The Bertz CT molecular complexity index is 1230. The summed E-state index contributed by atoms with van der Waals surface area (Å²) >= 11 is 0. The molecule has 0 N–H and O–H groups in total. The Morgan fingerprint density at radius 2 is 0.549 bits per heavy atom. The summed E-state index contributed by atoms with van der Waals surface area (Å²) in [6.07, 6.45) is 74.7. The van der Waals surface area contributed by atoms with Crippen molar-refractivity contribution in [2.24, 2.45) is 0 Å². The molecule has 0 rings (SSSR count). The molecular formula is C65H118O6. The van der Waals surface area contributed by atoms with Crippen molar-refractivity contribution in [1.29, 1.82) is 0 Å². The van der Waals surface area contributed by atoms with Crippen molar-refractivity contribution < 1.29 is 28.6 Å². The Kier molecular flexibility index (Phi) is 57.7. The second-order valence-electron chi connectivity index (χ2n) is 21.0. The summed E-state index contributed by atoms with van der Waals surface area (Å²) in [7, 11) is 0. The number of allylic oxidation sites excluding steroid dienone is 8. The van der Waals surface area contributed by atoms with Gasteiger partial charge in [-0.05, 0) is 57.8 Å². The fourth-order valence-corrected chi connectivity index (χ4v) is 9.20. The number of hydrogen-bond acceptors (Lipinski definition) is 6. The molecule has 0 aromatic rings. The first-order chi connectivity index (χ1) is 35.0. The molecule has 1 atom stereocenters. The van der Waals surface area contributed by atoms with E-state index in [1.807, 2.05) is 0 Å². The van der Waals surface area contributed by atoms with Gasteiger partial charge in [0.1, 0.15) is 13.2 Å². The molecule has 0 aliphatic heterocycles. The molecule has 0 saturated heterocycles. The smallest absolute Gasteiger partial charge is 0.306 e. The molecule has 0 aliphatic carbocycles. The van der Waals surface area contributed by atoms with Gasteiger partial charge < -0.3 is 14.2 Å². The minimum absolute atomic E-state index is 0.0762. The minimum atomic E-state index is -0.776. The van der Waals surface area contributed by atoms with Gasteiger partial charge in [-0.2, -0.15) is 0 Å². The zero-order valence-corrected chi connectivity index (χ0v) is 47.5. The van der Waals surface area contributed by atoms with Crippen LogP contribution >= 0.6 is 0 Å². The van der Waals surface area contributed by atoms with Gasteiger partial charge in [-0.25, -0.2) is 0 Å². The lowest BCUT2D eigenvalue weighted by Gasteiger charge is -2.18. The van der Waals surface area contributed by atoms with Crippen LogP contribution in [0.5, 0.6) is 0 Å². The van der Waals surface area contributed by atoms with Crippen LogP contribution in [0, 0.1) is 0 Å². The zero-order chi connectivity index (χ0) is 51.4. The summed E-state index contributed by atoms with van der Waals surface area (Å²) in [6.45, 7) is 6.47. The maximum absolute atomic E-state index is 12.8. The van der Waals surface area contributed by atoms with E-state index in [0.717, 1.165) is 103 Å². The number of rotatable bonds is 57. The number of hydrogen-bond donors (Lipinski definition) is 0. The van der Waals surface area contributed by atoms with E-state index in [9.17, 15) is 14.4 Å². The zero-order valence-electron chi connectivity index (χ0n) is 47.5. The molecule has 0 bridgehead atoms. The highest BCUT2D eigenvalue weighted by Gasteiger charge is 2.19. The van der Waals surface area contributed by atoms with Gasteiger partial charge in [0.25, 0.3) is 0 Å². The number of ether oxygens (including phenoxy) is 3. The second-order valence-corrected chi connectivity index (χ2v) is 21.0. The number of carbonyl (C=O) groups excluding carboxylic acids is 3. The Morgan fingerprint density at radius 3 is 0.859 bits per heavy atom. The molecule has 0 radical (unpaired) electrons. The van der Waals surface area contributed by atoms with E-state index in [2.05, 4.69) is 69.4 Å². The topological polar surface area (TPSA) is 78.9 Å². The molecular weight excluding hydrogens is 877 g/mol. The average molecular weight is 996 g/mol. The SMILES string of the molecule is CC/C=C\C/C=C\C/C=C\C/C=C\CCCCCCCCC(=O)OC(COC(=O)CCCCCCC)COC(=O)CCCCCCCCCCCCCCCCCCCCCCCCCCCCCCC. The van der Waals surface area contributed by atoms with Gasteiger partial charge in [0.15, 0.2) is 6.10 Å². The van der Waals surface area contributed by atoms with Crippen molar-refractivity contribution in [1.82, 2.24) is 0 Å². The first-order valence-electron chi connectivity index (χ1n) is 31.1. The van der Waals surface area contributed by atoms with Crippen LogP contribution in [-0.2, 0) is 28.6 Å². The Balaban J connectivity index is 3.97. The van der Waals surface area contributed by atoms with Crippen LogP contribution in [0.15, 0.2) is 48.6 Å². The quantitative estimate of drug-likeness (QED) is 0.0261. The molecule has 6 heteroatoms. The maximum Gasteiger partial charge on any atom is 0.306 e. The van der Waals surface area contributed by atoms with Crippen LogP contribution in [0.1, 0.15) is 329 Å². The third kappa shape index (κ3) is 58.1. The van der Waals surface area contributed by atoms with Crippen molar-refractivity contribution in [2.75, 3.05) is 13.2 Å². The average Bonchev–Trinajstić information content (AvgIpc) is 3.37. The van der Waals surface area contributed by atoms with Crippen molar-refractivity contribution >= 4 is 17.9 Å². The predicted molar refractivity (Wildman–Crippen MR) is 307 cm³/mol. The molecule has 6 nitrogen and oxygen atoms in total. The summed E-state index contributed by atoms with van der Waals surface area (Å²) < 4.78 is 16.7. The molecule has 0 fully saturated rings. The van der Waals surface area contributed by atoms with E-state index in [-0.39, 0.29) is 31.1 Å². The molecule has 0 aromatic heterocycles. The van der Waals surface area contributed by atoms with Crippen LogP contribution in [0.25, 0.3) is 0 Å². The fourth-order valence-electron chi connectivity index (χ4n) is 9.20. The number of unbranched alkanes of at least 4 members (excludes halogenated alkanes) is 38. The van der Waals surface area contributed by atoms with Crippen LogP contribution < -0.4 is 0 Å². The van der Waals surface area contributed by atoms with E-state index in [1.165, 1.54) is 186 Å². The van der Waals surface area contributed by atoms with Crippen molar-refractivity contribution in [3.8, 4) is 0 Å². The summed E-state index contributed by atoms with van der Waals surface area (Å²) in [6, 6.07) is 0. The Labute approximate surface area is 441 Å². The molecule has 414 valence electrons. The van der Waals surface area contributed by atoms with Gasteiger partial charge in [-0.15, -0.1) is 0 Å². The number of carbonyl (C=O) groups is 3. The summed E-state index contributed by atoms with van der Waals surface area (Å²) in [4.78, 5) is 37.8. The van der Waals surface area contributed by atoms with Crippen molar-refractivity contribution in [3.05, 3.63) is 48.6 Å². The van der Waals surface area contributed by atoms with E-state index >= 15 is 0 Å². The fraction of sp³-hybridized carbons (Fsp3) is 0.831. The molecule has 0 spiro atoms. The molecule has 1 unspecified atom stereocenters. The third-order valence-corrected chi connectivity index (χ3v) is 13.8. The highest BCUT2D eigenvalue weighted by molar-refractivity contribution is 5.71. The highest BCUT2D eigenvalue weighted by Crippen LogP contribution is 2.18. The highest BCUT2D eigenvalue weighted by atomic mass is 16.6. The van der Waals surface area contributed by atoms with E-state index in [1.54, 1.807) is 0 Å². The lowest BCUT2D eigenvalue weighted by molar-refractivity contribution is -0.167. The maximum atomic E-state index is 12.8. The molecule has 71 heavy (non-hydrogen) atoms. The minimum Gasteiger partial charge on any atom is -0.462 e. The second kappa shape index (κ2) is 59.9. The lowest BCUT2D eigenvalue weighted by atomic mass is 10.0. The van der Waals surface area contributed by atoms with Crippen LogP contribution in [-0.4, -0.2) is 37.2 Å². The molecule has 0 aliphatic rings. The predicted octanol–water partition coefficient (Wildman–Crippen LogP) is 21.0. The molecule has 0 saturated carbocycles. The Morgan fingerprint density at radius 1 is 0.296 bits per heavy atom. The lowest BCUT2D eigenvalue weighted by Crippen LogP contribution is -2.30. The van der Waals surface area contributed by atoms with Crippen molar-refractivity contribution in [2.45, 2.75) is 335 Å². The van der Waals surface area contributed by atoms with E-state index < -0.39 is 6.10 Å². The van der Waals surface area contributed by atoms with E-state index in [4.69, 9.17) is 14.2 Å². The number of esters is 3. The third-order valence-electron chi connectivity index (χ3n) is 13.8. The van der Waals surface area contributed by atoms with Crippen LogP contribution in [0.4, 0.5) is 0 Å². The summed E-state index contributed by atoms with van der Waals surface area (Å²) in [5.74, 6) is -0.890. The molecule has 0 aromatic carbocycles. The van der Waals surface area contributed by atoms with Gasteiger partial charge in [0, 0.05) is 19.3 Å². The normalized spacial score (nSPS) is 12.3. The first kappa shape index (κ1) is 68.4. The van der Waals surface area contributed by atoms with Gasteiger partial charge in [-0.3, -0.25) is 14.4 Å². The van der Waals surface area contributed by atoms with Gasteiger partial charge >= 0.3 is 17.9 Å².